The zero-order valence-corrected chi connectivity index (χ0v) is 13.2. The van der Waals surface area contributed by atoms with Crippen molar-refractivity contribution in [3.8, 4) is 28.7 Å². The fraction of sp³-hybridized carbons (Fsp3) is 0.0526. The summed E-state index contributed by atoms with van der Waals surface area (Å²) in [6.07, 6.45) is 4.75. The molecule has 0 spiro atoms. The van der Waals surface area contributed by atoms with Crippen LogP contribution in [0.25, 0.3) is 23.0 Å². The third kappa shape index (κ3) is 3.53. The largest absolute Gasteiger partial charge is 0.489 e. The van der Waals surface area contributed by atoms with Crippen LogP contribution in [0.5, 0.6) is 5.75 Å². The van der Waals surface area contributed by atoms with E-state index in [9.17, 15) is 0 Å². The van der Waals surface area contributed by atoms with Crippen molar-refractivity contribution in [2.75, 3.05) is 0 Å². The molecule has 0 bridgehead atoms. The fourth-order valence-corrected chi connectivity index (χ4v) is 2.30. The molecule has 0 fully saturated rings. The predicted octanol–water partition coefficient (Wildman–Crippen LogP) is 3.77. The Bertz CT molecular complexity index is 938. The van der Waals surface area contributed by atoms with Crippen molar-refractivity contribution >= 4 is 0 Å². The maximum atomic E-state index is 5.77. The van der Waals surface area contributed by atoms with E-state index >= 15 is 0 Å². The molecule has 0 atom stereocenters. The topological polar surface area (TPSA) is 73.9 Å². The molecule has 6 heteroatoms. The monoisotopic (exact) mass is 330 g/mol. The molecule has 0 aliphatic heterocycles. The highest BCUT2D eigenvalue weighted by atomic mass is 16.5. The first-order valence-electron chi connectivity index (χ1n) is 7.76. The van der Waals surface area contributed by atoms with Crippen molar-refractivity contribution in [1.82, 2.24) is 20.1 Å². The van der Waals surface area contributed by atoms with Gasteiger partial charge in [-0.3, -0.25) is 4.98 Å². The average Bonchev–Trinajstić information content (AvgIpc) is 3.19. The van der Waals surface area contributed by atoms with E-state index in [-0.39, 0.29) is 0 Å². The molecule has 0 unspecified atom stereocenters. The quantitative estimate of drug-likeness (QED) is 0.554. The Morgan fingerprint density at radius 2 is 1.76 bits per heavy atom. The van der Waals surface area contributed by atoms with Gasteiger partial charge in [0.1, 0.15) is 18.1 Å². The first kappa shape index (κ1) is 15.0. The van der Waals surface area contributed by atoms with Gasteiger partial charge in [-0.2, -0.15) is 4.98 Å². The predicted molar refractivity (Wildman–Crippen MR) is 91.5 cm³/mol. The van der Waals surface area contributed by atoms with E-state index < -0.39 is 0 Å². The minimum atomic E-state index is 0.340. The molecule has 2 heterocycles. The summed E-state index contributed by atoms with van der Waals surface area (Å²) in [5.41, 5.74) is 2.51. The molecule has 0 aliphatic rings. The van der Waals surface area contributed by atoms with Crippen LogP contribution in [-0.4, -0.2) is 20.1 Å². The molecule has 4 aromatic rings. The van der Waals surface area contributed by atoms with Crippen LogP contribution in [0.3, 0.4) is 0 Å². The molecular formula is C19H14N4O2. The first-order chi connectivity index (χ1) is 12.4. The highest BCUT2D eigenvalue weighted by Gasteiger charge is 2.11. The molecule has 0 amide bonds. The van der Waals surface area contributed by atoms with Crippen LogP contribution in [0.2, 0.25) is 0 Å². The lowest BCUT2D eigenvalue weighted by molar-refractivity contribution is 0.306. The van der Waals surface area contributed by atoms with Crippen LogP contribution in [0, 0.1) is 0 Å². The van der Waals surface area contributed by atoms with Crippen LogP contribution >= 0.6 is 0 Å². The van der Waals surface area contributed by atoms with Crippen LogP contribution in [-0.2, 0) is 6.61 Å². The minimum absolute atomic E-state index is 0.340. The summed E-state index contributed by atoms with van der Waals surface area (Å²) < 4.78 is 11.0. The summed E-state index contributed by atoms with van der Waals surface area (Å²) in [6.45, 7) is 0.527. The Morgan fingerprint density at radius 3 is 2.52 bits per heavy atom. The Balaban J connectivity index is 1.46. The van der Waals surface area contributed by atoms with Crippen molar-refractivity contribution in [3.05, 3.63) is 78.8 Å². The van der Waals surface area contributed by atoms with Gasteiger partial charge in [-0.05, 0) is 29.8 Å². The molecule has 0 N–H and O–H groups in total. The molecule has 122 valence electrons. The van der Waals surface area contributed by atoms with Gasteiger partial charge in [0.25, 0.3) is 5.89 Å². The molecule has 0 saturated heterocycles. The van der Waals surface area contributed by atoms with Gasteiger partial charge in [0.05, 0.1) is 6.20 Å². The van der Waals surface area contributed by atoms with Crippen molar-refractivity contribution in [1.29, 1.82) is 0 Å². The molecule has 0 radical (unpaired) electrons. The lowest BCUT2D eigenvalue weighted by Gasteiger charge is -2.06. The van der Waals surface area contributed by atoms with Crippen molar-refractivity contribution in [3.63, 3.8) is 0 Å². The lowest BCUT2D eigenvalue weighted by Crippen LogP contribution is -1.94. The van der Waals surface area contributed by atoms with Crippen molar-refractivity contribution in [2.24, 2.45) is 0 Å². The Hall–Kier alpha value is -3.54. The van der Waals surface area contributed by atoms with E-state index in [2.05, 4.69) is 20.1 Å². The molecule has 2 aromatic carbocycles. The van der Waals surface area contributed by atoms with Crippen LogP contribution < -0.4 is 4.74 Å². The molecule has 25 heavy (non-hydrogen) atoms. The number of hydrogen-bond donors (Lipinski definition) is 0. The summed E-state index contributed by atoms with van der Waals surface area (Å²) in [5.74, 6) is 1.62. The number of rotatable bonds is 5. The van der Waals surface area contributed by atoms with E-state index in [1.807, 2.05) is 54.6 Å². The fourth-order valence-electron chi connectivity index (χ4n) is 2.30. The Kier molecular flexibility index (Phi) is 4.16. The van der Waals surface area contributed by atoms with Crippen LogP contribution in [0.15, 0.2) is 77.7 Å². The maximum absolute atomic E-state index is 5.77. The molecule has 0 aliphatic carbocycles. The summed E-state index contributed by atoms with van der Waals surface area (Å²) in [6, 6.07) is 17.6. The maximum Gasteiger partial charge on any atom is 0.278 e. The Morgan fingerprint density at radius 1 is 0.920 bits per heavy atom. The normalized spacial score (nSPS) is 10.6. The van der Waals surface area contributed by atoms with E-state index in [0.29, 0.717) is 24.0 Å². The van der Waals surface area contributed by atoms with E-state index in [4.69, 9.17) is 9.26 Å². The molecule has 0 saturated carbocycles. The third-order valence-corrected chi connectivity index (χ3v) is 3.57. The van der Waals surface area contributed by atoms with Gasteiger partial charge in [0.2, 0.25) is 5.82 Å². The van der Waals surface area contributed by atoms with E-state index in [0.717, 1.165) is 16.9 Å². The van der Waals surface area contributed by atoms with E-state index in [1.54, 1.807) is 18.6 Å². The van der Waals surface area contributed by atoms with Gasteiger partial charge < -0.3 is 9.26 Å². The first-order valence-corrected chi connectivity index (χ1v) is 7.76. The molecule has 2 aromatic heterocycles. The van der Waals surface area contributed by atoms with Gasteiger partial charge in [-0.25, -0.2) is 4.98 Å². The highest BCUT2D eigenvalue weighted by molar-refractivity contribution is 5.58. The van der Waals surface area contributed by atoms with Gasteiger partial charge in [-0.15, -0.1) is 0 Å². The van der Waals surface area contributed by atoms with Gasteiger partial charge in [0, 0.05) is 18.0 Å². The summed E-state index contributed by atoms with van der Waals surface area (Å²) >= 11 is 0. The van der Waals surface area contributed by atoms with Gasteiger partial charge in [0.15, 0.2) is 0 Å². The lowest BCUT2D eigenvalue weighted by atomic mass is 10.2. The van der Waals surface area contributed by atoms with Crippen molar-refractivity contribution < 1.29 is 9.26 Å². The zero-order chi connectivity index (χ0) is 16.9. The van der Waals surface area contributed by atoms with Gasteiger partial charge in [-0.1, -0.05) is 35.5 Å². The second kappa shape index (κ2) is 6.92. The standard InChI is InChI=1S/C19H14N4O2/c1-2-4-14(5-3-1)13-24-16-8-6-15(7-9-16)18-22-19(25-23-18)17-12-20-10-11-21-17/h1-12H,13H2. The third-order valence-electron chi connectivity index (χ3n) is 3.57. The number of nitrogens with zero attached hydrogens (tertiary/aromatic N) is 4. The second-order valence-electron chi connectivity index (χ2n) is 5.31. The number of hydrogen-bond acceptors (Lipinski definition) is 6. The van der Waals surface area contributed by atoms with E-state index in [1.165, 1.54) is 0 Å². The summed E-state index contributed by atoms with van der Waals surface area (Å²) in [5, 5.41) is 3.99. The number of ether oxygens (including phenoxy) is 1. The second-order valence-corrected chi connectivity index (χ2v) is 5.31. The van der Waals surface area contributed by atoms with Crippen molar-refractivity contribution in [2.45, 2.75) is 6.61 Å². The van der Waals surface area contributed by atoms with Crippen LogP contribution in [0.1, 0.15) is 5.56 Å². The number of benzene rings is 2. The van der Waals surface area contributed by atoms with Gasteiger partial charge >= 0.3 is 0 Å². The summed E-state index contributed by atoms with van der Waals surface area (Å²) in [4.78, 5) is 12.5. The SMILES string of the molecule is c1ccc(COc2ccc(-c3noc(-c4cnccn4)n3)cc2)cc1. The smallest absolute Gasteiger partial charge is 0.278 e. The van der Waals surface area contributed by atoms with Crippen LogP contribution in [0.4, 0.5) is 0 Å². The molecule has 6 nitrogen and oxygen atoms in total. The Labute approximate surface area is 144 Å². The highest BCUT2D eigenvalue weighted by Crippen LogP contribution is 2.23. The zero-order valence-electron chi connectivity index (χ0n) is 13.2. The average molecular weight is 330 g/mol. The molecular weight excluding hydrogens is 316 g/mol. The minimum Gasteiger partial charge on any atom is -0.489 e. The number of aromatic nitrogens is 4. The molecule has 4 rings (SSSR count). The summed E-state index contributed by atoms with van der Waals surface area (Å²) in [7, 11) is 0.